The molecule has 36 heavy (non-hydrogen) atoms. The summed E-state index contributed by atoms with van der Waals surface area (Å²) in [5, 5.41) is 0. The summed E-state index contributed by atoms with van der Waals surface area (Å²) in [5.74, 6) is 3.28. The monoisotopic (exact) mass is 504 g/mol. The fourth-order valence-electron chi connectivity index (χ4n) is 9.41. The fraction of sp³-hybridized carbons (Fsp3) is 0.969. The average Bonchev–Trinajstić information content (AvgIpc) is 2.95. The Hall–Kier alpha value is -0.480. The summed E-state index contributed by atoms with van der Waals surface area (Å²) < 4.78 is 28.0. The molecule has 0 radical (unpaired) electrons. The first-order valence-electron chi connectivity index (χ1n) is 15.9. The Bertz CT molecular complexity index is 647. The Labute approximate surface area is 220 Å². The number of Topliss-reactive ketones (excluding diaryl/α,β-unsaturated/α-hetero) is 1. The van der Waals surface area contributed by atoms with Crippen molar-refractivity contribution in [2.45, 2.75) is 148 Å². The molecule has 0 aromatic rings. The number of rotatable bonds is 8. The van der Waals surface area contributed by atoms with Gasteiger partial charge in [-0.15, -0.1) is 0 Å². The topological polar surface area (TPSA) is 35.5 Å². The molecule has 2 spiro atoms. The number of hydrogen-bond donors (Lipinski definition) is 0. The molecule has 0 amide bonds. The van der Waals surface area contributed by atoms with Gasteiger partial charge in [-0.3, -0.25) is 4.79 Å². The number of halogens is 1. The molecule has 0 aromatic carbocycles. The Morgan fingerprint density at radius 2 is 0.944 bits per heavy atom. The maximum atomic E-state index is 16.1. The van der Waals surface area contributed by atoms with Crippen molar-refractivity contribution in [3.05, 3.63) is 0 Å². The smallest absolute Gasteiger partial charge is 0.151 e. The number of carbonyl (C=O) groups excluding carboxylic acids is 1. The molecule has 0 saturated heterocycles. The lowest BCUT2D eigenvalue weighted by atomic mass is 9.41. The molecule has 0 atom stereocenters. The SMILES string of the molecule is CCCOC1CCC(C2CCC3(CC2)C(=O)C2(CCC(C4CCC(OCCC)CC4)CC2)C3F)CC1. The quantitative estimate of drug-likeness (QED) is 0.334. The lowest BCUT2D eigenvalue weighted by molar-refractivity contribution is -0.195. The lowest BCUT2D eigenvalue weighted by Gasteiger charge is -2.62. The zero-order chi connectivity index (χ0) is 25.2. The van der Waals surface area contributed by atoms with Crippen molar-refractivity contribution in [2.75, 3.05) is 13.2 Å². The second kappa shape index (κ2) is 11.7. The molecule has 5 saturated carbocycles. The van der Waals surface area contributed by atoms with Gasteiger partial charge in [-0.2, -0.15) is 0 Å². The van der Waals surface area contributed by atoms with Crippen LogP contribution >= 0.6 is 0 Å². The average molecular weight is 505 g/mol. The summed E-state index contributed by atoms with van der Waals surface area (Å²) in [6, 6.07) is 0. The van der Waals surface area contributed by atoms with Crippen LogP contribution in [0.1, 0.15) is 129 Å². The van der Waals surface area contributed by atoms with E-state index in [0.29, 0.717) is 29.8 Å². The van der Waals surface area contributed by atoms with Crippen molar-refractivity contribution >= 4 is 5.78 Å². The largest absolute Gasteiger partial charge is 0.378 e. The first-order chi connectivity index (χ1) is 17.5. The molecule has 5 aliphatic carbocycles. The van der Waals surface area contributed by atoms with Crippen LogP contribution in [0.2, 0.25) is 0 Å². The van der Waals surface area contributed by atoms with E-state index in [1.165, 1.54) is 51.4 Å². The minimum atomic E-state index is -0.879. The van der Waals surface area contributed by atoms with Gasteiger partial charge in [-0.1, -0.05) is 13.8 Å². The number of ketones is 1. The van der Waals surface area contributed by atoms with Gasteiger partial charge in [-0.25, -0.2) is 4.39 Å². The van der Waals surface area contributed by atoms with Crippen LogP contribution in [-0.2, 0) is 14.3 Å². The fourth-order valence-corrected chi connectivity index (χ4v) is 9.41. The van der Waals surface area contributed by atoms with E-state index >= 15 is 4.39 Å². The molecule has 5 rings (SSSR count). The Balaban J connectivity index is 1.07. The molecule has 206 valence electrons. The summed E-state index contributed by atoms with van der Waals surface area (Å²) in [6.45, 7) is 6.13. The first-order valence-corrected chi connectivity index (χ1v) is 15.9. The van der Waals surface area contributed by atoms with Gasteiger partial charge in [0, 0.05) is 13.2 Å². The highest BCUT2D eigenvalue weighted by molar-refractivity contribution is 5.98. The summed E-state index contributed by atoms with van der Waals surface area (Å²) in [7, 11) is 0. The van der Waals surface area contributed by atoms with Crippen LogP contribution in [0.4, 0.5) is 4.39 Å². The van der Waals surface area contributed by atoms with E-state index in [2.05, 4.69) is 13.8 Å². The molecular weight excluding hydrogens is 451 g/mol. The van der Waals surface area contributed by atoms with E-state index in [-0.39, 0.29) is 0 Å². The van der Waals surface area contributed by atoms with Crippen molar-refractivity contribution in [2.24, 2.45) is 34.5 Å². The van der Waals surface area contributed by atoms with Gasteiger partial charge in [0.1, 0.15) is 6.17 Å². The first kappa shape index (κ1) is 27.1. The number of carbonyl (C=O) groups is 1. The zero-order valence-corrected chi connectivity index (χ0v) is 23.3. The number of ether oxygens (including phenoxy) is 2. The highest BCUT2D eigenvalue weighted by atomic mass is 19.1. The van der Waals surface area contributed by atoms with Crippen LogP contribution in [0, 0.1) is 34.5 Å². The third-order valence-corrected chi connectivity index (χ3v) is 11.6. The van der Waals surface area contributed by atoms with Crippen LogP contribution in [0.25, 0.3) is 0 Å². The van der Waals surface area contributed by atoms with Crippen molar-refractivity contribution < 1.29 is 18.7 Å². The minimum absolute atomic E-state index is 0.341. The standard InChI is InChI=1S/C32H53FO3/c1-3-21-35-27-9-5-23(6-10-27)25-13-17-31(18-14-25)29(33)32(30(31)34)19-15-26(16-20-32)24-7-11-28(12-8-24)36-22-4-2/h23-29H,3-22H2,1-2H3. The molecule has 3 nitrogen and oxygen atoms in total. The molecule has 5 aliphatic rings. The third-order valence-electron chi connectivity index (χ3n) is 11.6. The summed E-state index contributed by atoms with van der Waals surface area (Å²) in [4.78, 5) is 13.7. The van der Waals surface area contributed by atoms with Crippen molar-refractivity contribution in [3.8, 4) is 0 Å². The molecule has 0 bridgehead atoms. The second-order valence-corrected chi connectivity index (χ2v) is 13.5. The second-order valence-electron chi connectivity index (χ2n) is 13.5. The lowest BCUT2D eigenvalue weighted by Crippen LogP contribution is -2.69. The summed E-state index contributed by atoms with van der Waals surface area (Å²) in [6.07, 6.45) is 19.6. The number of alkyl halides is 1. The Kier molecular flexibility index (Phi) is 8.83. The maximum Gasteiger partial charge on any atom is 0.151 e. The van der Waals surface area contributed by atoms with Crippen LogP contribution in [0.5, 0.6) is 0 Å². The van der Waals surface area contributed by atoms with Gasteiger partial charge in [0.05, 0.1) is 23.0 Å². The van der Waals surface area contributed by atoms with Gasteiger partial charge in [0.15, 0.2) is 5.78 Å². The van der Waals surface area contributed by atoms with E-state index < -0.39 is 17.0 Å². The van der Waals surface area contributed by atoms with Crippen molar-refractivity contribution in [1.82, 2.24) is 0 Å². The highest BCUT2D eigenvalue weighted by Crippen LogP contribution is 2.66. The number of hydrogen-bond acceptors (Lipinski definition) is 3. The predicted octanol–water partition coefficient (Wildman–Crippen LogP) is 8.23. The molecule has 4 heteroatoms. The normalized spacial score (nSPS) is 45.6. The molecule has 0 aliphatic heterocycles. The van der Waals surface area contributed by atoms with Crippen LogP contribution in [0.3, 0.4) is 0 Å². The van der Waals surface area contributed by atoms with Gasteiger partial charge < -0.3 is 9.47 Å². The van der Waals surface area contributed by atoms with Crippen LogP contribution < -0.4 is 0 Å². The molecule has 0 unspecified atom stereocenters. The zero-order valence-electron chi connectivity index (χ0n) is 23.3. The Morgan fingerprint density at radius 3 is 1.25 bits per heavy atom. The molecule has 0 N–H and O–H groups in total. The van der Waals surface area contributed by atoms with Crippen molar-refractivity contribution in [3.63, 3.8) is 0 Å². The summed E-state index contributed by atoms with van der Waals surface area (Å²) >= 11 is 0. The van der Waals surface area contributed by atoms with Gasteiger partial charge in [-0.05, 0) is 139 Å². The molecular formula is C32H53FO3. The summed E-state index contributed by atoms with van der Waals surface area (Å²) in [5.41, 5.74) is -1.22. The highest BCUT2D eigenvalue weighted by Gasteiger charge is 2.71. The van der Waals surface area contributed by atoms with Gasteiger partial charge in [0.2, 0.25) is 0 Å². The predicted molar refractivity (Wildman–Crippen MR) is 143 cm³/mol. The van der Waals surface area contributed by atoms with Crippen LogP contribution in [0.15, 0.2) is 0 Å². The van der Waals surface area contributed by atoms with E-state index in [4.69, 9.17) is 9.47 Å². The minimum Gasteiger partial charge on any atom is -0.378 e. The van der Waals surface area contributed by atoms with E-state index in [0.717, 1.165) is 89.3 Å². The van der Waals surface area contributed by atoms with Crippen molar-refractivity contribution in [1.29, 1.82) is 0 Å². The molecule has 5 fully saturated rings. The van der Waals surface area contributed by atoms with Gasteiger partial charge >= 0.3 is 0 Å². The van der Waals surface area contributed by atoms with Gasteiger partial charge in [0.25, 0.3) is 0 Å². The molecule has 0 heterocycles. The maximum absolute atomic E-state index is 16.1. The molecule has 0 aromatic heterocycles. The Morgan fingerprint density at radius 1 is 0.611 bits per heavy atom. The van der Waals surface area contributed by atoms with Crippen LogP contribution in [-0.4, -0.2) is 37.4 Å². The van der Waals surface area contributed by atoms with E-state index in [9.17, 15) is 4.79 Å². The third kappa shape index (κ3) is 5.08. The van der Waals surface area contributed by atoms with E-state index in [1.54, 1.807) is 0 Å². The van der Waals surface area contributed by atoms with E-state index in [1.807, 2.05) is 0 Å².